The number of rotatable bonds is 3. The molecule has 39 heavy (non-hydrogen) atoms. The maximum absolute atomic E-state index is 6.20. The summed E-state index contributed by atoms with van der Waals surface area (Å²) in [6.45, 7) is 0. The second-order valence-corrected chi connectivity index (χ2v) is 10.1. The molecule has 0 atom stereocenters. The molecule has 0 aliphatic heterocycles. The van der Waals surface area contributed by atoms with Crippen LogP contribution in [0.25, 0.3) is 76.9 Å². The van der Waals surface area contributed by atoms with E-state index in [2.05, 4.69) is 133 Å². The molecule has 1 aromatic heterocycles. The normalized spacial score (nSPS) is 11.6. The fraction of sp³-hybridized carbons (Fsp3) is 0. The van der Waals surface area contributed by atoms with Gasteiger partial charge >= 0.3 is 0 Å². The molecule has 8 rings (SSSR count). The Morgan fingerprint density at radius 3 is 1.46 bits per heavy atom. The Morgan fingerprint density at radius 2 is 0.769 bits per heavy atom. The van der Waals surface area contributed by atoms with Gasteiger partial charge < -0.3 is 4.42 Å². The van der Waals surface area contributed by atoms with E-state index in [1.807, 2.05) is 12.1 Å². The van der Waals surface area contributed by atoms with Gasteiger partial charge in [-0.25, -0.2) is 0 Å². The van der Waals surface area contributed by atoms with Crippen molar-refractivity contribution in [2.24, 2.45) is 0 Å². The van der Waals surface area contributed by atoms with Crippen molar-refractivity contribution in [2.75, 3.05) is 0 Å². The maximum atomic E-state index is 6.20. The number of benzene rings is 7. The molecule has 0 saturated heterocycles. The lowest BCUT2D eigenvalue weighted by Crippen LogP contribution is -1.91. The van der Waals surface area contributed by atoms with E-state index < -0.39 is 0 Å². The van der Waals surface area contributed by atoms with Crippen molar-refractivity contribution in [2.45, 2.75) is 0 Å². The lowest BCUT2D eigenvalue weighted by atomic mass is 9.85. The summed E-state index contributed by atoms with van der Waals surface area (Å²) < 4.78 is 6.20. The number of fused-ring (bicyclic) bond motifs is 5. The van der Waals surface area contributed by atoms with E-state index in [0.717, 1.165) is 27.5 Å². The van der Waals surface area contributed by atoms with Gasteiger partial charge in [0, 0.05) is 10.8 Å². The van der Waals surface area contributed by atoms with Crippen LogP contribution >= 0.6 is 0 Å². The fourth-order valence-corrected chi connectivity index (χ4v) is 6.11. The highest BCUT2D eigenvalue weighted by atomic mass is 16.3. The van der Waals surface area contributed by atoms with Crippen LogP contribution in [0.5, 0.6) is 0 Å². The van der Waals surface area contributed by atoms with E-state index in [-0.39, 0.29) is 0 Å². The van der Waals surface area contributed by atoms with Crippen molar-refractivity contribution in [3.63, 3.8) is 0 Å². The van der Waals surface area contributed by atoms with Gasteiger partial charge in [0.1, 0.15) is 11.2 Å². The lowest BCUT2D eigenvalue weighted by Gasteiger charge is -2.18. The average molecular weight is 497 g/mol. The average Bonchev–Trinajstić information content (AvgIpc) is 3.38. The summed E-state index contributed by atoms with van der Waals surface area (Å²) in [5.41, 5.74) is 9.18. The Kier molecular flexibility index (Phi) is 4.89. The molecule has 1 heterocycles. The molecule has 0 radical (unpaired) electrons. The number of furan rings is 1. The van der Waals surface area contributed by atoms with Crippen LogP contribution in [-0.2, 0) is 0 Å². The Labute approximate surface area is 226 Å². The molecule has 1 nitrogen and oxygen atoms in total. The van der Waals surface area contributed by atoms with E-state index in [1.165, 1.54) is 49.4 Å². The highest BCUT2D eigenvalue weighted by Gasteiger charge is 2.17. The van der Waals surface area contributed by atoms with E-state index >= 15 is 0 Å². The topological polar surface area (TPSA) is 13.1 Å². The summed E-state index contributed by atoms with van der Waals surface area (Å²) in [5.74, 6) is 0. The molecular weight excluding hydrogens is 472 g/mol. The Hall–Kier alpha value is -5.14. The first-order chi connectivity index (χ1) is 19.3. The molecule has 182 valence electrons. The third-order valence-corrected chi connectivity index (χ3v) is 7.86. The van der Waals surface area contributed by atoms with Crippen LogP contribution in [0, 0.1) is 0 Å². The molecule has 7 aromatic carbocycles. The maximum Gasteiger partial charge on any atom is 0.136 e. The molecule has 0 spiro atoms. The van der Waals surface area contributed by atoms with E-state index in [9.17, 15) is 0 Å². The van der Waals surface area contributed by atoms with E-state index in [1.54, 1.807) is 0 Å². The van der Waals surface area contributed by atoms with Gasteiger partial charge in [0.05, 0.1) is 0 Å². The van der Waals surface area contributed by atoms with Crippen LogP contribution in [-0.4, -0.2) is 0 Å². The standard InChI is InChI=1S/C38H24O/c1-2-11-25(12-3-1)37-31-16-4-6-18-33(31)38(34-19-7-5-17-32(34)37)28-14-10-13-26(23-28)27-21-22-30-29-15-8-9-20-35(29)39-36(30)24-27/h1-24H. The summed E-state index contributed by atoms with van der Waals surface area (Å²) in [6.07, 6.45) is 0. The third kappa shape index (κ3) is 3.48. The summed E-state index contributed by atoms with van der Waals surface area (Å²) >= 11 is 0. The van der Waals surface area contributed by atoms with Crippen LogP contribution in [0.3, 0.4) is 0 Å². The first-order valence-corrected chi connectivity index (χ1v) is 13.4. The summed E-state index contributed by atoms with van der Waals surface area (Å²) in [4.78, 5) is 0. The molecule has 0 amide bonds. The van der Waals surface area contributed by atoms with Crippen LogP contribution in [0.1, 0.15) is 0 Å². The first kappa shape index (κ1) is 21.9. The minimum Gasteiger partial charge on any atom is -0.456 e. The molecule has 1 heteroatoms. The van der Waals surface area contributed by atoms with Gasteiger partial charge in [-0.15, -0.1) is 0 Å². The van der Waals surface area contributed by atoms with Crippen molar-refractivity contribution in [3.05, 3.63) is 146 Å². The van der Waals surface area contributed by atoms with Gasteiger partial charge in [0.2, 0.25) is 0 Å². The van der Waals surface area contributed by atoms with E-state index in [4.69, 9.17) is 4.42 Å². The zero-order valence-corrected chi connectivity index (χ0v) is 21.3. The molecule has 0 unspecified atom stereocenters. The summed E-state index contributed by atoms with van der Waals surface area (Å²) in [5, 5.41) is 7.38. The van der Waals surface area contributed by atoms with Crippen LogP contribution in [0.4, 0.5) is 0 Å². The zero-order valence-electron chi connectivity index (χ0n) is 21.3. The van der Waals surface area contributed by atoms with Crippen molar-refractivity contribution >= 4 is 43.5 Å². The lowest BCUT2D eigenvalue weighted by molar-refractivity contribution is 0.669. The predicted octanol–water partition coefficient (Wildman–Crippen LogP) is 10.9. The molecule has 0 N–H and O–H groups in total. The Morgan fingerprint density at radius 1 is 0.282 bits per heavy atom. The van der Waals surface area contributed by atoms with Crippen molar-refractivity contribution < 1.29 is 4.42 Å². The molecular formula is C38H24O. The third-order valence-electron chi connectivity index (χ3n) is 7.86. The molecule has 0 bridgehead atoms. The quantitative estimate of drug-likeness (QED) is 0.222. The van der Waals surface area contributed by atoms with E-state index in [0.29, 0.717) is 0 Å². The first-order valence-electron chi connectivity index (χ1n) is 13.4. The van der Waals surface area contributed by atoms with Crippen molar-refractivity contribution in [1.82, 2.24) is 0 Å². The molecule has 8 aromatic rings. The second-order valence-electron chi connectivity index (χ2n) is 10.1. The zero-order chi connectivity index (χ0) is 25.8. The fourth-order valence-electron chi connectivity index (χ4n) is 6.11. The predicted molar refractivity (Wildman–Crippen MR) is 165 cm³/mol. The summed E-state index contributed by atoms with van der Waals surface area (Å²) in [6, 6.07) is 52.1. The number of hydrogen-bond acceptors (Lipinski definition) is 1. The van der Waals surface area contributed by atoms with Crippen LogP contribution < -0.4 is 0 Å². The van der Waals surface area contributed by atoms with Gasteiger partial charge in [-0.05, 0) is 79.2 Å². The second kappa shape index (κ2) is 8.72. The highest BCUT2D eigenvalue weighted by Crippen LogP contribution is 2.44. The van der Waals surface area contributed by atoms with Crippen molar-refractivity contribution in [1.29, 1.82) is 0 Å². The van der Waals surface area contributed by atoms with Gasteiger partial charge in [0.15, 0.2) is 0 Å². The summed E-state index contributed by atoms with van der Waals surface area (Å²) in [7, 11) is 0. The van der Waals surface area contributed by atoms with Crippen molar-refractivity contribution in [3.8, 4) is 33.4 Å². The molecule has 0 saturated carbocycles. The SMILES string of the molecule is c1ccc(-c2c3ccccc3c(-c3cccc(-c4ccc5c(c4)oc4ccccc45)c3)c3ccccc23)cc1. The minimum absolute atomic E-state index is 0.919. The van der Waals surface area contributed by atoms with Crippen LogP contribution in [0.2, 0.25) is 0 Å². The number of para-hydroxylation sites is 1. The van der Waals surface area contributed by atoms with Gasteiger partial charge in [-0.1, -0.05) is 121 Å². The molecule has 0 fully saturated rings. The molecule has 0 aliphatic rings. The van der Waals surface area contributed by atoms with Gasteiger partial charge in [-0.3, -0.25) is 0 Å². The smallest absolute Gasteiger partial charge is 0.136 e. The Balaban J connectivity index is 1.37. The monoisotopic (exact) mass is 496 g/mol. The minimum atomic E-state index is 0.919. The van der Waals surface area contributed by atoms with Gasteiger partial charge in [-0.2, -0.15) is 0 Å². The molecule has 0 aliphatic carbocycles. The van der Waals surface area contributed by atoms with Gasteiger partial charge in [0.25, 0.3) is 0 Å². The Bertz CT molecular complexity index is 2110. The number of hydrogen-bond donors (Lipinski definition) is 0. The van der Waals surface area contributed by atoms with Crippen LogP contribution in [0.15, 0.2) is 150 Å². The largest absolute Gasteiger partial charge is 0.456 e. The highest BCUT2D eigenvalue weighted by molar-refractivity contribution is 6.21.